The molecule has 0 unspecified atom stereocenters. The van der Waals surface area contributed by atoms with Crippen LogP contribution >= 0.6 is 0 Å². The molecule has 0 saturated carbocycles. The van der Waals surface area contributed by atoms with Crippen molar-refractivity contribution in [1.82, 2.24) is 16.0 Å². The van der Waals surface area contributed by atoms with Gasteiger partial charge in [-0.15, -0.1) is 0 Å². The molecule has 202 valence electrons. The van der Waals surface area contributed by atoms with Crippen molar-refractivity contribution in [2.75, 3.05) is 7.05 Å². The van der Waals surface area contributed by atoms with E-state index in [-0.39, 0.29) is 5.91 Å². The molecule has 0 spiro atoms. The highest BCUT2D eigenvalue weighted by Gasteiger charge is 2.26. The smallest absolute Gasteiger partial charge is 0.408 e. The van der Waals surface area contributed by atoms with Crippen molar-refractivity contribution < 1.29 is 33.8 Å². The zero-order valence-corrected chi connectivity index (χ0v) is 22.3. The number of hydrogen-bond donors (Lipinski definition) is 4. The number of benzene rings is 2. The van der Waals surface area contributed by atoms with Gasteiger partial charge in [-0.1, -0.05) is 60.7 Å². The summed E-state index contributed by atoms with van der Waals surface area (Å²) in [5.41, 5.74) is -0.0683. The number of carboxylic acid groups (broad SMARTS) is 1. The van der Waals surface area contributed by atoms with Crippen LogP contribution in [0, 0.1) is 0 Å². The van der Waals surface area contributed by atoms with E-state index in [1.165, 1.54) is 7.05 Å². The molecule has 0 aliphatic carbocycles. The minimum absolute atomic E-state index is 0.294. The minimum Gasteiger partial charge on any atom is -0.479 e. The topological polar surface area (TPSA) is 143 Å². The maximum atomic E-state index is 11.8. The molecule has 2 aromatic rings. The first-order chi connectivity index (χ1) is 17.1. The van der Waals surface area contributed by atoms with Gasteiger partial charge in [0.2, 0.25) is 5.91 Å². The monoisotopic (exact) mass is 515 g/mol. The second-order valence-electron chi connectivity index (χ2n) is 9.93. The Morgan fingerprint density at radius 1 is 0.676 bits per heavy atom. The normalized spacial score (nSPS) is 12.5. The number of nitrogens with one attached hydrogen (secondary N) is 3. The fourth-order valence-corrected chi connectivity index (χ4v) is 2.87. The highest BCUT2D eigenvalue weighted by molar-refractivity contribution is 5.86. The quantitative estimate of drug-likeness (QED) is 0.448. The van der Waals surface area contributed by atoms with Crippen molar-refractivity contribution in [3.63, 3.8) is 0 Å². The summed E-state index contributed by atoms with van der Waals surface area (Å²) in [6, 6.07) is 15.6. The Kier molecular flexibility index (Phi) is 11.6. The van der Waals surface area contributed by atoms with Crippen molar-refractivity contribution >= 4 is 24.1 Å². The molecule has 2 rings (SSSR count). The maximum Gasteiger partial charge on any atom is 0.408 e. The van der Waals surface area contributed by atoms with Crippen LogP contribution < -0.4 is 16.0 Å². The van der Waals surface area contributed by atoms with E-state index in [1.54, 1.807) is 84.0 Å². The van der Waals surface area contributed by atoms with Gasteiger partial charge in [0.1, 0.15) is 17.2 Å². The molecule has 0 aliphatic heterocycles. The molecule has 0 aliphatic rings. The van der Waals surface area contributed by atoms with Gasteiger partial charge in [-0.3, -0.25) is 4.79 Å². The van der Waals surface area contributed by atoms with Gasteiger partial charge in [-0.2, -0.15) is 0 Å². The summed E-state index contributed by atoms with van der Waals surface area (Å²) in [5.74, 6) is -1.43. The lowest BCUT2D eigenvalue weighted by Gasteiger charge is -2.23. The average Bonchev–Trinajstić information content (AvgIpc) is 2.79. The summed E-state index contributed by atoms with van der Waals surface area (Å²) < 4.78 is 10.2. The SMILES string of the molecule is CC(C)(C)OC(=O)N[C@H](C(=O)O)c1ccccc1.CNC(=O)[C@@H](NC(=O)OC(C)(C)C)c1ccccc1. The summed E-state index contributed by atoms with van der Waals surface area (Å²) in [6.45, 7) is 10.4. The van der Waals surface area contributed by atoms with Crippen LogP contribution in [-0.4, -0.2) is 47.4 Å². The number of carboxylic acids is 1. The maximum absolute atomic E-state index is 11.8. The third kappa shape index (κ3) is 12.4. The van der Waals surface area contributed by atoms with Crippen molar-refractivity contribution in [2.24, 2.45) is 0 Å². The van der Waals surface area contributed by atoms with Crippen LogP contribution in [0.15, 0.2) is 60.7 Å². The number of alkyl carbamates (subject to hydrolysis) is 2. The van der Waals surface area contributed by atoms with Crippen LogP contribution in [0.3, 0.4) is 0 Å². The standard InChI is InChI=1S/C14H20N2O3.C13H17NO4/c1-14(2,3)19-13(18)16-11(12(17)15-4)10-8-6-5-7-9-10;1-13(2,3)18-12(17)14-10(11(15)16)9-7-5-4-6-8-9/h5-9,11H,1-4H3,(H,15,17)(H,16,18);4-8,10H,1-3H3,(H,14,17)(H,15,16)/t11-;10-/m00/s1. The lowest BCUT2D eigenvalue weighted by atomic mass is 10.1. The molecule has 0 bridgehead atoms. The second-order valence-corrected chi connectivity index (χ2v) is 9.93. The van der Waals surface area contributed by atoms with Gasteiger partial charge < -0.3 is 30.5 Å². The van der Waals surface area contributed by atoms with Crippen LogP contribution in [0.5, 0.6) is 0 Å². The average molecular weight is 516 g/mol. The molecule has 0 heterocycles. The van der Waals surface area contributed by atoms with Crippen molar-refractivity contribution in [3.05, 3.63) is 71.8 Å². The molecule has 3 amide bonds. The zero-order valence-electron chi connectivity index (χ0n) is 22.3. The Bertz CT molecular complexity index is 1030. The van der Waals surface area contributed by atoms with Crippen LogP contribution in [-0.2, 0) is 19.1 Å². The van der Waals surface area contributed by atoms with E-state index in [0.717, 1.165) is 0 Å². The molecule has 0 radical (unpaired) electrons. The predicted octanol–water partition coefficient (Wildman–Crippen LogP) is 4.34. The van der Waals surface area contributed by atoms with Gasteiger partial charge in [-0.25, -0.2) is 14.4 Å². The Morgan fingerprint density at radius 3 is 1.35 bits per heavy atom. The summed E-state index contributed by atoms with van der Waals surface area (Å²) in [6.07, 6.45) is -1.37. The first-order valence-corrected chi connectivity index (χ1v) is 11.7. The molecule has 0 fully saturated rings. The van der Waals surface area contributed by atoms with Crippen molar-refractivity contribution in [1.29, 1.82) is 0 Å². The minimum atomic E-state index is -1.13. The van der Waals surface area contributed by atoms with Crippen molar-refractivity contribution in [3.8, 4) is 0 Å². The Labute approximate surface area is 217 Å². The van der Waals surface area contributed by atoms with E-state index < -0.39 is 41.4 Å². The third-order valence-electron chi connectivity index (χ3n) is 4.34. The lowest BCUT2D eigenvalue weighted by Crippen LogP contribution is -2.41. The second kappa shape index (κ2) is 13.9. The summed E-state index contributed by atoms with van der Waals surface area (Å²) in [4.78, 5) is 46.3. The molecule has 10 heteroatoms. The zero-order chi connectivity index (χ0) is 28.2. The lowest BCUT2D eigenvalue weighted by molar-refractivity contribution is -0.139. The number of rotatable bonds is 6. The molecule has 4 N–H and O–H groups in total. The van der Waals surface area contributed by atoms with Crippen LogP contribution in [0.25, 0.3) is 0 Å². The molecule has 0 aromatic heterocycles. The van der Waals surface area contributed by atoms with Gasteiger partial charge >= 0.3 is 18.2 Å². The van der Waals surface area contributed by atoms with Gasteiger partial charge in [0.15, 0.2) is 6.04 Å². The molecule has 0 saturated heterocycles. The number of carbonyl (C=O) groups excluding carboxylic acids is 3. The van der Waals surface area contributed by atoms with E-state index in [4.69, 9.17) is 14.6 Å². The molecule has 10 nitrogen and oxygen atoms in total. The van der Waals surface area contributed by atoms with Crippen LogP contribution in [0.2, 0.25) is 0 Å². The Hall–Kier alpha value is -4.08. The first kappa shape index (κ1) is 31.0. The highest BCUT2D eigenvalue weighted by Crippen LogP contribution is 2.16. The number of hydrogen-bond acceptors (Lipinski definition) is 6. The van der Waals surface area contributed by atoms with Crippen LogP contribution in [0.1, 0.15) is 64.8 Å². The van der Waals surface area contributed by atoms with Crippen molar-refractivity contribution in [2.45, 2.75) is 64.8 Å². The number of ether oxygens (including phenoxy) is 2. The summed E-state index contributed by atoms with van der Waals surface area (Å²) in [5, 5.41) is 16.5. The van der Waals surface area contributed by atoms with Gasteiger partial charge in [0.25, 0.3) is 0 Å². The number of carbonyl (C=O) groups is 4. The summed E-state index contributed by atoms with van der Waals surface area (Å²) in [7, 11) is 1.52. The fraction of sp³-hybridized carbons (Fsp3) is 0.407. The molecule has 37 heavy (non-hydrogen) atoms. The molecular formula is C27H37N3O7. The van der Waals surface area contributed by atoms with E-state index in [0.29, 0.717) is 11.1 Å². The molecular weight excluding hydrogens is 478 g/mol. The Morgan fingerprint density at radius 2 is 1.03 bits per heavy atom. The molecule has 2 atom stereocenters. The van der Waals surface area contributed by atoms with Gasteiger partial charge in [-0.05, 0) is 52.7 Å². The molecule has 2 aromatic carbocycles. The van der Waals surface area contributed by atoms with Gasteiger partial charge in [0, 0.05) is 7.05 Å². The van der Waals surface area contributed by atoms with E-state index in [1.807, 2.05) is 18.2 Å². The van der Waals surface area contributed by atoms with E-state index in [2.05, 4.69) is 16.0 Å². The van der Waals surface area contributed by atoms with Gasteiger partial charge in [0.05, 0.1) is 0 Å². The fourth-order valence-electron chi connectivity index (χ4n) is 2.87. The van der Waals surface area contributed by atoms with Crippen LogP contribution in [0.4, 0.5) is 9.59 Å². The Balaban J connectivity index is 0.000000371. The number of aliphatic carboxylic acids is 1. The number of amides is 3. The highest BCUT2D eigenvalue weighted by atomic mass is 16.6. The third-order valence-corrected chi connectivity index (χ3v) is 4.34. The summed E-state index contributed by atoms with van der Waals surface area (Å²) >= 11 is 0. The largest absolute Gasteiger partial charge is 0.479 e. The number of likely N-dealkylation sites (N-methyl/N-ethyl adjacent to an activating group) is 1. The van der Waals surface area contributed by atoms with E-state index in [9.17, 15) is 19.2 Å². The predicted molar refractivity (Wildman–Crippen MR) is 139 cm³/mol. The first-order valence-electron chi connectivity index (χ1n) is 11.7. The van der Waals surface area contributed by atoms with E-state index >= 15 is 0 Å².